The van der Waals surface area contributed by atoms with Crippen molar-refractivity contribution in [2.45, 2.75) is 6.42 Å². The summed E-state index contributed by atoms with van der Waals surface area (Å²) >= 11 is 0. The summed E-state index contributed by atoms with van der Waals surface area (Å²) in [5.41, 5.74) is 0. The molecular formula is C7H11N3O5S. The minimum Gasteiger partial charge on any atom is -0.358 e. The van der Waals surface area contributed by atoms with Crippen molar-refractivity contribution in [3.05, 3.63) is 22.1 Å². The second kappa shape index (κ2) is 4.58. The Hall–Kier alpha value is -1.48. The van der Waals surface area contributed by atoms with Crippen molar-refractivity contribution in [2.24, 2.45) is 7.05 Å². The van der Waals surface area contributed by atoms with Gasteiger partial charge in [-0.3, -0.25) is 4.18 Å². The lowest BCUT2D eigenvalue weighted by Crippen LogP contribution is -2.09. The maximum absolute atomic E-state index is 10.7. The second-order valence-corrected chi connectivity index (χ2v) is 4.77. The molecule has 8 nitrogen and oxygen atoms in total. The van der Waals surface area contributed by atoms with Crippen LogP contribution in [0.1, 0.15) is 5.82 Å². The summed E-state index contributed by atoms with van der Waals surface area (Å²) in [6, 6.07) is 0. The van der Waals surface area contributed by atoms with Crippen LogP contribution in [0.5, 0.6) is 0 Å². The fourth-order valence-electron chi connectivity index (χ4n) is 1.12. The Balaban J connectivity index is 2.66. The summed E-state index contributed by atoms with van der Waals surface area (Å²) in [4.78, 5) is 13.7. The van der Waals surface area contributed by atoms with Crippen LogP contribution in [-0.4, -0.2) is 35.8 Å². The minimum atomic E-state index is -3.49. The molecule has 0 saturated heterocycles. The number of nitro groups is 1. The third kappa shape index (κ3) is 3.28. The fraction of sp³-hybridized carbons (Fsp3) is 0.571. The molecule has 0 N–H and O–H groups in total. The van der Waals surface area contributed by atoms with Crippen LogP contribution in [0.2, 0.25) is 0 Å². The largest absolute Gasteiger partial charge is 0.358 e. The third-order valence-electron chi connectivity index (χ3n) is 1.87. The molecule has 0 radical (unpaired) electrons. The van der Waals surface area contributed by atoms with Gasteiger partial charge in [0.1, 0.15) is 6.20 Å². The zero-order valence-electron chi connectivity index (χ0n) is 8.78. The molecule has 16 heavy (non-hydrogen) atoms. The number of imidazole rings is 1. The molecule has 0 unspecified atom stereocenters. The van der Waals surface area contributed by atoms with E-state index >= 15 is 0 Å². The molecule has 1 rings (SSSR count). The quantitative estimate of drug-likeness (QED) is 0.408. The fourth-order valence-corrected chi connectivity index (χ4v) is 1.51. The first-order chi connectivity index (χ1) is 7.31. The molecule has 90 valence electrons. The monoisotopic (exact) mass is 249 g/mol. The Morgan fingerprint density at radius 1 is 1.62 bits per heavy atom. The highest BCUT2D eigenvalue weighted by molar-refractivity contribution is 7.85. The zero-order chi connectivity index (χ0) is 12.3. The molecular weight excluding hydrogens is 238 g/mol. The van der Waals surface area contributed by atoms with Gasteiger partial charge in [-0.1, -0.05) is 0 Å². The average molecular weight is 249 g/mol. The number of aromatic nitrogens is 2. The van der Waals surface area contributed by atoms with Crippen molar-refractivity contribution in [3.63, 3.8) is 0 Å². The van der Waals surface area contributed by atoms with E-state index in [9.17, 15) is 18.5 Å². The maximum Gasteiger partial charge on any atom is 0.342 e. The van der Waals surface area contributed by atoms with Gasteiger partial charge in [-0.05, 0) is 4.92 Å². The number of nitrogens with zero attached hydrogens (tertiary/aromatic N) is 3. The van der Waals surface area contributed by atoms with Crippen LogP contribution in [0, 0.1) is 10.1 Å². The van der Waals surface area contributed by atoms with Crippen molar-refractivity contribution >= 4 is 15.9 Å². The number of rotatable bonds is 5. The van der Waals surface area contributed by atoms with Crippen LogP contribution in [0.3, 0.4) is 0 Å². The Bertz CT molecular complexity index is 492. The van der Waals surface area contributed by atoms with E-state index in [4.69, 9.17) is 0 Å². The van der Waals surface area contributed by atoms with E-state index < -0.39 is 15.0 Å². The maximum atomic E-state index is 10.7. The van der Waals surface area contributed by atoms with Gasteiger partial charge in [-0.15, -0.1) is 0 Å². The van der Waals surface area contributed by atoms with Crippen LogP contribution >= 0.6 is 0 Å². The lowest BCUT2D eigenvalue weighted by atomic mass is 10.4. The van der Waals surface area contributed by atoms with Crippen molar-refractivity contribution in [2.75, 3.05) is 12.9 Å². The Kier molecular flexibility index (Phi) is 3.60. The van der Waals surface area contributed by atoms with Gasteiger partial charge in [0, 0.05) is 0 Å². The van der Waals surface area contributed by atoms with E-state index in [0.29, 0.717) is 5.82 Å². The minimum absolute atomic E-state index is 0.0825. The van der Waals surface area contributed by atoms with E-state index in [1.54, 1.807) is 0 Å². The van der Waals surface area contributed by atoms with Gasteiger partial charge in [0.25, 0.3) is 10.1 Å². The highest BCUT2D eigenvalue weighted by atomic mass is 32.2. The summed E-state index contributed by atoms with van der Waals surface area (Å²) in [6.07, 6.45) is 2.25. The van der Waals surface area contributed by atoms with Crippen LogP contribution < -0.4 is 0 Å². The first-order valence-corrected chi connectivity index (χ1v) is 6.12. The van der Waals surface area contributed by atoms with E-state index in [1.807, 2.05) is 0 Å². The van der Waals surface area contributed by atoms with Gasteiger partial charge >= 0.3 is 5.82 Å². The predicted molar refractivity (Wildman–Crippen MR) is 54.4 cm³/mol. The molecule has 0 saturated carbocycles. The van der Waals surface area contributed by atoms with Crippen LogP contribution in [-0.2, 0) is 27.8 Å². The van der Waals surface area contributed by atoms with Gasteiger partial charge in [0.2, 0.25) is 0 Å². The van der Waals surface area contributed by atoms with Crippen molar-refractivity contribution < 1.29 is 17.5 Å². The highest BCUT2D eigenvalue weighted by Gasteiger charge is 2.16. The van der Waals surface area contributed by atoms with Gasteiger partial charge in [-0.25, -0.2) is 9.55 Å². The van der Waals surface area contributed by atoms with Gasteiger partial charge < -0.3 is 10.1 Å². The summed E-state index contributed by atoms with van der Waals surface area (Å²) in [7, 11) is -2.00. The standard InChI is InChI=1S/C7H11N3O5S/c1-9-6(3-4-15-16(2,13)14)8-5-7(9)10(11)12/h5H,3-4H2,1-2H3. The molecule has 0 aliphatic carbocycles. The molecule has 9 heteroatoms. The smallest absolute Gasteiger partial charge is 0.342 e. The normalized spacial score (nSPS) is 11.6. The van der Waals surface area contributed by atoms with Crippen LogP contribution in [0.15, 0.2) is 6.20 Å². The second-order valence-electron chi connectivity index (χ2n) is 3.12. The first kappa shape index (κ1) is 12.6. The SMILES string of the molecule is Cn1c([N+](=O)[O-])cnc1CCOS(C)(=O)=O. The van der Waals surface area contributed by atoms with Gasteiger partial charge in [0.15, 0.2) is 5.82 Å². The molecule has 0 fully saturated rings. The van der Waals surface area contributed by atoms with E-state index in [-0.39, 0.29) is 18.8 Å². The molecule has 0 bridgehead atoms. The first-order valence-electron chi connectivity index (χ1n) is 4.30. The summed E-state index contributed by atoms with van der Waals surface area (Å²) in [5.74, 6) is 0.254. The van der Waals surface area contributed by atoms with Crippen LogP contribution in [0.25, 0.3) is 0 Å². The third-order valence-corrected chi connectivity index (χ3v) is 2.46. The Labute approximate surface area is 92.1 Å². The molecule has 0 aliphatic rings. The molecule has 0 spiro atoms. The number of hydrogen-bond acceptors (Lipinski definition) is 6. The molecule has 0 amide bonds. The van der Waals surface area contributed by atoms with E-state index in [1.165, 1.54) is 11.6 Å². The van der Waals surface area contributed by atoms with Crippen molar-refractivity contribution in [1.82, 2.24) is 9.55 Å². The highest BCUT2D eigenvalue weighted by Crippen LogP contribution is 2.11. The Morgan fingerprint density at radius 2 is 2.25 bits per heavy atom. The van der Waals surface area contributed by atoms with E-state index in [0.717, 1.165) is 12.5 Å². The topological polar surface area (TPSA) is 104 Å². The Morgan fingerprint density at radius 3 is 2.69 bits per heavy atom. The average Bonchev–Trinajstić information content (AvgIpc) is 2.46. The predicted octanol–water partition coefficient (Wildman–Crippen LogP) is -0.153. The zero-order valence-corrected chi connectivity index (χ0v) is 9.60. The lowest BCUT2D eigenvalue weighted by Gasteiger charge is -1.99. The van der Waals surface area contributed by atoms with Gasteiger partial charge in [-0.2, -0.15) is 8.42 Å². The summed E-state index contributed by atoms with van der Waals surface area (Å²) < 4.78 is 27.1. The molecule has 0 atom stereocenters. The molecule has 1 aromatic rings. The van der Waals surface area contributed by atoms with Crippen molar-refractivity contribution in [1.29, 1.82) is 0 Å². The molecule has 1 heterocycles. The lowest BCUT2D eigenvalue weighted by molar-refractivity contribution is -0.391. The van der Waals surface area contributed by atoms with E-state index in [2.05, 4.69) is 9.17 Å². The molecule has 1 aromatic heterocycles. The number of hydrogen-bond donors (Lipinski definition) is 0. The summed E-state index contributed by atoms with van der Waals surface area (Å²) in [5, 5.41) is 10.5. The molecule has 0 aromatic carbocycles. The molecule has 0 aliphatic heterocycles. The van der Waals surface area contributed by atoms with Gasteiger partial charge in [0.05, 0.1) is 26.3 Å². The van der Waals surface area contributed by atoms with Crippen LogP contribution in [0.4, 0.5) is 5.82 Å². The summed E-state index contributed by atoms with van der Waals surface area (Å²) in [6.45, 7) is -0.0825. The van der Waals surface area contributed by atoms with Crippen molar-refractivity contribution in [3.8, 4) is 0 Å².